The lowest BCUT2D eigenvalue weighted by Gasteiger charge is -2.15. The second kappa shape index (κ2) is 5.95. The third-order valence-corrected chi connectivity index (χ3v) is 2.57. The zero-order valence-corrected chi connectivity index (χ0v) is 10.2. The average Bonchev–Trinajstić information content (AvgIpc) is 2.97. The maximum Gasteiger partial charge on any atom is 0.188 e. The van der Waals surface area contributed by atoms with E-state index in [4.69, 9.17) is 5.73 Å². The number of hydrogen-bond acceptors (Lipinski definition) is 2. The topological polar surface area (TPSA) is 53.6 Å². The van der Waals surface area contributed by atoms with Gasteiger partial charge in [0, 0.05) is 25.7 Å². The van der Waals surface area contributed by atoms with Gasteiger partial charge in [0.05, 0.1) is 0 Å². The van der Waals surface area contributed by atoms with Gasteiger partial charge in [0.25, 0.3) is 0 Å². The molecule has 1 saturated carbocycles. The second-order valence-corrected chi connectivity index (χ2v) is 4.76. The lowest BCUT2D eigenvalue weighted by Crippen LogP contribution is -2.38. The van der Waals surface area contributed by atoms with E-state index < -0.39 is 0 Å². The number of nitrogens with one attached hydrogen (secondary N) is 1. The molecule has 0 bridgehead atoms. The molecule has 1 fully saturated rings. The van der Waals surface area contributed by atoms with Crippen LogP contribution in [-0.4, -0.2) is 43.6 Å². The summed E-state index contributed by atoms with van der Waals surface area (Å²) in [4.78, 5) is 6.62. The highest BCUT2D eigenvalue weighted by molar-refractivity contribution is 5.77. The van der Waals surface area contributed by atoms with Gasteiger partial charge < -0.3 is 16.0 Å². The van der Waals surface area contributed by atoms with Crippen molar-refractivity contribution in [1.82, 2.24) is 10.2 Å². The third-order valence-electron chi connectivity index (χ3n) is 2.57. The molecular formula is C11H24N4. The van der Waals surface area contributed by atoms with Crippen molar-refractivity contribution in [1.29, 1.82) is 0 Å². The highest BCUT2D eigenvalue weighted by Crippen LogP contribution is 2.24. The van der Waals surface area contributed by atoms with E-state index in [9.17, 15) is 0 Å². The maximum atomic E-state index is 5.72. The summed E-state index contributed by atoms with van der Waals surface area (Å²) in [7, 11) is 2.17. The van der Waals surface area contributed by atoms with Gasteiger partial charge in [0.1, 0.15) is 0 Å². The normalized spacial score (nSPS) is 17.5. The molecule has 0 spiro atoms. The van der Waals surface area contributed by atoms with Crippen molar-refractivity contribution in [2.45, 2.75) is 32.7 Å². The first kappa shape index (κ1) is 12.3. The predicted octanol–water partition coefficient (Wildman–Crippen LogP) is 0.641. The van der Waals surface area contributed by atoms with Crippen LogP contribution in [-0.2, 0) is 0 Å². The Bertz CT molecular complexity index is 209. The summed E-state index contributed by atoms with van der Waals surface area (Å²) in [6.07, 6.45) is 2.71. The van der Waals surface area contributed by atoms with Crippen molar-refractivity contribution in [3.63, 3.8) is 0 Å². The van der Waals surface area contributed by atoms with Crippen molar-refractivity contribution < 1.29 is 0 Å². The Hall–Kier alpha value is -0.770. The van der Waals surface area contributed by atoms with Crippen LogP contribution < -0.4 is 11.1 Å². The summed E-state index contributed by atoms with van der Waals surface area (Å²) in [6, 6.07) is 0.820. The van der Waals surface area contributed by atoms with Crippen LogP contribution in [0.25, 0.3) is 0 Å². The van der Waals surface area contributed by atoms with Crippen molar-refractivity contribution in [2.75, 3.05) is 26.7 Å². The first-order valence-corrected chi connectivity index (χ1v) is 5.83. The molecule has 0 aliphatic heterocycles. The number of rotatable bonds is 6. The Kier molecular flexibility index (Phi) is 4.88. The number of hydrogen-bond donors (Lipinski definition) is 2. The lowest BCUT2D eigenvalue weighted by molar-refractivity contribution is 0.329. The van der Waals surface area contributed by atoms with Gasteiger partial charge in [-0.3, -0.25) is 4.99 Å². The maximum absolute atomic E-state index is 5.72. The summed E-state index contributed by atoms with van der Waals surface area (Å²) in [5.41, 5.74) is 5.72. The number of nitrogens with two attached hydrogens (primary N) is 1. The molecule has 1 aliphatic carbocycles. The molecule has 1 aliphatic rings. The fraction of sp³-hybridized carbons (Fsp3) is 0.909. The van der Waals surface area contributed by atoms with Gasteiger partial charge in [-0.1, -0.05) is 13.8 Å². The molecule has 0 atom stereocenters. The largest absolute Gasteiger partial charge is 0.370 e. The van der Waals surface area contributed by atoms with E-state index >= 15 is 0 Å². The van der Waals surface area contributed by atoms with E-state index in [0.29, 0.717) is 11.9 Å². The fourth-order valence-corrected chi connectivity index (χ4v) is 1.40. The number of aliphatic imine (C=N–C) groups is 1. The van der Waals surface area contributed by atoms with Crippen LogP contribution in [0.2, 0.25) is 0 Å². The van der Waals surface area contributed by atoms with Crippen LogP contribution in [0.1, 0.15) is 26.7 Å². The van der Waals surface area contributed by atoms with Crippen molar-refractivity contribution in [3.8, 4) is 0 Å². The summed E-state index contributed by atoms with van der Waals surface area (Å²) >= 11 is 0. The minimum atomic E-state index is 0.569. The van der Waals surface area contributed by atoms with E-state index in [1.54, 1.807) is 0 Å². The van der Waals surface area contributed by atoms with E-state index in [-0.39, 0.29) is 0 Å². The van der Waals surface area contributed by atoms with Gasteiger partial charge in [-0.2, -0.15) is 0 Å². The van der Waals surface area contributed by atoms with Crippen molar-refractivity contribution in [3.05, 3.63) is 0 Å². The standard InChI is InChI=1S/C11H24N4/c1-9(2)8-14-11(12)13-6-7-15(3)10-4-5-10/h9-10H,4-8H2,1-3H3,(H3,12,13,14). The molecule has 1 rings (SSSR count). The molecular weight excluding hydrogens is 188 g/mol. The second-order valence-electron chi connectivity index (χ2n) is 4.76. The Morgan fingerprint density at radius 3 is 2.73 bits per heavy atom. The smallest absolute Gasteiger partial charge is 0.188 e. The third kappa shape index (κ3) is 5.62. The molecule has 88 valence electrons. The number of guanidine groups is 1. The van der Waals surface area contributed by atoms with E-state index in [0.717, 1.165) is 25.7 Å². The molecule has 4 heteroatoms. The summed E-state index contributed by atoms with van der Waals surface area (Å²) in [5.74, 6) is 1.15. The molecule has 0 radical (unpaired) electrons. The molecule has 3 N–H and O–H groups in total. The quantitative estimate of drug-likeness (QED) is 0.502. The molecule has 0 amide bonds. The van der Waals surface area contributed by atoms with E-state index in [2.05, 4.69) is 36.1 Å². The van der Waals surface area contributed by atoms with Crippen LogP contribution in [0.5, 0.6) is 0 Å². The molecule has 0 heterocycles. The van der Waals surface area contributed by atoms with Gasteiger partial charge in [-0.15, -0.1) is 0 Å². The highest BCUT2D eigenvalue weighted by Gasteiger charge is 2.25. The monoisotopic (exact) mass is 212 g/mol. The zero-order chi connectivity index (χ0) is 11.3. The van der Waals surface area contributed by atoms with Crippen LogP contribution in [0.15, 0.2) is 4.99 Å². The molecule has 0 aromatic carbocycles. The number of likely N-dealkylation sites (N-methyl/N-ethyl adjacent to an activating group) is 1. The van der Waals surface area contributed by atoms with Gasteiger partial charge >= 0.3 is 0 Å². The summed E-state index contributed by atoms with van der Waals surface area (Å²) in [6.45, 7) is 7.01. The van der Waals surface area contributed by atoms with Gasteiger partial charge in [-0.25, -0.2) is 0 Å². The minimum Gasteiger partial charge on any atom is -0.370 e. The summed E-state index contributed by atoms with van der Waals surface area (Å²) < 4.78 is 0. The van der Waals surface area contributed by atoms with Gasteiger partial charge in [-0.05, 0) is 25.8 Å². The SMILES string of the molecule is CC(C)CN=C(N)NCCN(C)C1CC1. The minimum absolute atomic E-state index is 0.569. The summed E-state index contributed by atoms with van der Waals surface area (Å²) in [5, 5.41) is 3.14. The molecule has 0 saturated heterocycles. The fourth-order valence-electron chi connectivity index (χ4n) is 1.40. The van der Waals surface area contributed by atoms with Crippen LogP contribution in [0, 0.1) is 5.92 Å². The van der Waals surface area contributed by atoms with Crippen molar-refractivity contribution in [2.24, 2.45) is 16.6 Å². The Morgan fingerprint density at radius 2 is 2.20 bits per heavy atom. The Morgan fingerprint density at radius 1 is 1.53 bits per heavy atom. The molecule has 15 heavy (non-hydrogen) atoms. The van der Waals surface area contributed by atoms with Gasteiger partial charge in [0.15, 0.2) is 5.96 Å². The first-order valence-electron chi connectivity index (χ1n) is 5.83. The molecule has 0 aromatic heterocycles. The predicted molar refractivity (Wildman–Crippen MR) is 65.0 cm³/mol. The lowest BCUT2D eigenvalue weighted by atomic mass is 10.2. The molecule has 0 aromatic rings. The Balaban J connectivity index is 2.05. The zero-order valence-electron chi connectivity index (χ0n) is 10.2. The van der Waals surface area contributed by atoms with Crippen LogP contribution >= 0.6 is 0 Å². The van der Waals surface area contributed by atoms with Crippen LogP contribution in [0.4, 0.5) is 0 Å². The van der Waals surface area contributed by atoms with E-state index in [1.807, 2.05) is 0 Å². The first-order chi connectivity index (χ1) is 7.09. The van der Waals surface area contributed by atoms with Crippen LogP contribution in [0.3, 0.4) is 0 Å². The van der Waals surface area contributed by atoms with Gasteiger partial charge in [0.2, 0.25) is 0 Å². The molecule has 4 nitrogen and oxygen atoms in total. The number of nitrogens with zero attached hydrogens (tertiary/aromatic N) is 2. The van der Waals surface area contributed by atoms with Crippen molar-refractivity contribution >= 4 is 5.96 Å². The molecule has 0 unspecified atom stereocenters. The average molecular weight is 212 g/mol. The Labute approximate surface area is 92.9 Å². The highest BCUT2D eigenvalue weighted by atomic mass is 15.2. The van der Waals surface area contributed by atoms with E-state index in [1.165, 1.54) is 12.8 Å².